The molecule has 0 bridgehead atoms. The van der Waals surface area contributed by atoms with Crippen LogP contribution in [0.5, 0.6) is 0 Å². The lowest BCUT2D eigenvalue weighted by Crippen LogP contribution is -2.71. The van der Waals surface area contributed by atoms with Crippen LogP contribution in [-0.2, 0) is 38.0 Å². The van der Waals surface area contributed by atoms with Crippen LogP contribution in [0.25, 0.3) is 0 Å². The lowest BCUT2D eigenvalue weighted by atomic mass is 9.89. The first-order valence-electron chi connectivity index (χ1n) is 16.0. The summed E-state index contributed by atoms with van der Waals surface area (Å²) in [5.41, 5.74) is -29.3. The van der Waals surface area contributed by atoms with Gasteiger partial charge in [-0.2, -0.15) is 119 Å². The van der Waals surface area contributed by atoms with Crippen LogP contribution in [0.3, 0.4) is 0 Å². The summed E-state index contributed by atoms with van der Waals surface area (Å²) < 4.78 is 395. The van der Waals surface area contributed by atoms with Gasteiger partial charge in [-0.25, -0.2) is 0 Å². The van der Waals surface area contributed by atoms with Gasteiger partial charge in [0.1, 0.15) is 6.61 Å². The van der Waals surface area contributed by atoms with E-state index in [1.807, 2.05) is 0 Å². The van der Waals surface area contributed by atoms with Gasteiger partial charge < -0.3 is 43.6 Å². The Kier molecular flexibility index (Phi) is 20.6. The number of rotatable bonds is 24. The second-order valence-electron chi connectivity index (χ2n) is 12.3. The van der Waals surface area contributed by atoms with Gasteiger partial charge in [-0.05, 0) is 0 Å². The Balaban J connectivity index is 7.64. The van der Waals surface area contributed by atoms with Crippen molar-refractivity contribution >= 4 is 5.91 Å². The minimum atomic E-state index is -8.11. The first kappa shape index (κ1) is 61.3. The predicted octanol–water partition coefficient (Wildman–Crippen LogP) is 7.47. The molecule has 0 aromatic carbocycles. The number of hydrogen-bond acceptors (Lipinski definition) is 9. The Morgan fingerprint density at radius 2 is 0.609 bits per heavy atom. The molecule has 0 aromatic heterocycles. The van der Waals surface area contributed by atoms with Gasteiger partial charge in [-0.1, -0.05) is 0 Å². The predicted molar refractivity (Wildman–Crippen MR) is 146 cm³/mol. The van der Waals surface area contributed by atoms with Gasteiger partial charge in [0.15, 0.2) is 0 Å². The van der Waals surface area contributed by atoms with Gasteiger partial charge in [0.25, 0.3) is 0 Å². The summed E-state index contributed by atoms with van der Waals surface area (Å²) in [6.07, 6.45) is -73.0. The first-order valence-corrected chi connectivity index (χ1v) is 16.0. The van der Waals surface area contributed by atoms with E-state index in [1.165, 1.54) is 0 Å². The zero-order valence-electron chi connectivity index (χ0n) is 30.6. The summed E-state index contributed by atoms with van der Waals surface area (Å²) in [5.74, 6) is -1.85. The maximum absolute atomic E-state index is 13.6. The van der Waals surface area contributed by atoms with Gasteiger partial charge in [-0.15, -0.1) is 0 Å². The molecule has 0 aliphatic carbocycles. The number of carbonyl (C=O) groups is 1. The van der Waals surface area contributed by atoms with Crippen LogP contribution in [0.2, 0.25) is 0 Å². The van der Waals surface area contributed by atoms with Crippen LogP contribution in [0.1, 0.15) is 0 Å². The Bertz CT molecular complexity index is 1170. The summed E-state index contributed by atoms with van der Waals surface area (Å²) in [7, 11) is 0. The summed E-state index contributed by atoms with van der Waals surface area (Å²) in [6, 6.07) is 0. The van der Waals surface area contributed by atoms with E-state index in [2.05, 4.69) is 18.9 Å². The number of aliphatic hydroxyl groups excluding tert-OH is 1. The smallest absolute Gasteiger partial charge is 0.394 e. The monoisotopic (exact) mass is 1020 g/mol. The van der Waals surface area contributed by atoms with Crippen molar-refractivity contribution in [1.82, 2.24) is 5.32 Å². The fourth-order valence-electron chi connectivity index (χ4n) is 4.50. The van der Waals surface area contributed by atoms with Crippen molar-refractivity contribution in [3.8, 4) is 0 Å². The number of hydrogen-bond donors (Lipinski definition) is 2. The average molecular weight is 1020 g/mol. The molecule has 37 heteroatoms. The Morgan fingerprint density at radius 1 is 0.359 bits per heavy atom. The van der Waals surface area contributed by atoms with E-state index in [9.17, 15) is 123 Å². The molecule has 0 spiro atoms. The molecule has 0 heterocycles. The molecule has 64 heavy (non-hydrogen) atoms. The lowest BCUT2D eigenvalue weighted by Gasteiger charge is -2.45. The molecule has 0 saturated carbocycles. The molecule has 0 aromatic rings. The highest BCUT2D eigenvalue weighted by atomic mass is 19.5. The molecule has 0 atom stereocenters. The van der Waals surface area contributed by atoms with Crippen molar-refractivity contribution in [1.29, 1.82) is 0 Å². The Morgan fingerprint density at radius 3 is 0.859 bits per heavy atom. The van der Waals surface area contributed by atoms with Crippen LogP contribution < -0.4 is 5.32 Å². The summed E-state index contributed by atoms with van der Waals surface area (Å²) in [4.78, 5) is 12.1. The molecule has 10 nitrogen and oxygen atoms in total. The third-order valence-corrected chi connectivity index (χ3v) is 7.57. The largest absolute Gasteiger partial charge is 0.435 e. The molecular weight excluding hydrogens is 995 g/mol. The van der Waals surface area contributed by atoms with Crippen molar-refractivity contribution in [2.75, 3.05) is 85.8 Å². The zero-order valence-corrected chi connectivity index (χ0v) is 30.6. The summed E-state index contributed by atoms with van der Waals surface area (Å²) in [6.45, 7) is -20.0. The molecular formula is C27H28F27NO9. The zero-order chi connectivity index (χ0) is 50.9. The topological polar surface area (TPSA) is 114 Å². The molecule has 1 amide bonds. The van der Waals surface area contributed by atoms with Gasteiger partial charge in [0.2, 0.25) is 5.91 Å². The van der Waals surface area contributed by atoms with Crippen LogP contribution in [-0.4, -0.2) is 169 Å². The Labute approximate surface area is 337 Å². The van der Waals surface area contributed by atoms with Crippen molar-refractivity contribution in [3.05, 3.63) is 0 Å². The Hall–Kier alpha value is -2.74. The molecule has 384 valence electrons. The highest BCUT2D eigenvalue weighted by molar-refractivity contribution is 5.77. The van der Waals surface area contributed by atoms with Crippen molar-refractivity contribution < 1.29 is 162 Å². The third kappa shape index (κ3) is 14.1. The van der Waals surface area contributed by atoms with Gasteiger partial charge in [-0.3, -0.25) is 4.79 Å². The molecule has 0 radical (unpaired) electrons. The number of nitrogens with one attached hydrogen (secondary N) is 1. The summed E-state index contributed by atoms with van der Waals surface area (Å²) in [5, 5.41) is 10.2. The third-order valence-electron chi connectivity index (χ3n) is 7.57. The van der Waals surface area contributed by atoms with Crippen molar-refractivity contribution in [2.45, 2.75) is 72.4 Å². The molecule has 0 fully saturated rings. The van der Waals surface area contributed by atoms with E-state index >= 15 is 0 Å². The molecule has 0 saturated heterocycles. The minimum Gasteiger partial charge on any atom is -0.394 e. The fraction of sp³-hybridized carbons (Fsp3) is 0.963. The van der Waals surface area contributed by atoms with Gasteiger partial charge >= 0.3 is 72.4 Å². The highest BCUT2D eigenvalue weighted by Crippen LogP contribution is 2.59. The van der Waals surface area contributed by atoms with Crippen LogP contribution in [0.15, 0.2) is 0 Å². The van der Waals surface area contributed by atoms with E-state index in [0.29, 0.717) is 0 Å². The first-order chi connectivity index (χ1) is 28.3. The summed E-state index contributed by atoms with van der Waals surface area (Å²) >= 11 is 0. The number of amides is 1. The van der Waals surface area contributed by atoms with E-state index in [-0.39, 0.29) is 39.6 Å². The maximum Gasteiger partial charge on any atom is 0.435 e. The second-order valence-corrected chi connectivity index (χ2v) is 12.3. The number of aliphatic hydroxyl groups is 1. The quantitative estimate of drug-likeness (QED) is 0.0752. The fourth-order valence-corrected chi connectivity index (χ4v) is 4.50. The molecule has 0 aliphatic rings. The molecule has 2 N–H and O–H groups in total. The van der Waals surface area contributed by atoms with E-state index in [1.54, 1.807) is 5.32 Å². The van der Waals surface area contributed by atoms with Crippen molar-refractivity contribution in [3.63, 3.8) is 0 Å². The van der Waals surface area contributed by atoms with Gasteiger partial charge in [0.05, 0.1) is 78.1 Å². The van der Waals surface area contributed by atoms with E-state index in [4.69, 9.17) is 19.3 Å². The standard InChI is InChI=1S/C27H28F27NO9/c28-19(29,30)16(20(31,32)33,21(34,35)36)62-11-15(12-63-17(22(37,38)39,23(40,41)42)24(43,44)45,13-64-18(25(46,47)48,26(49,50)51)27(52,53)54)10-61-9-14(57)55-1-3-58-5-7-60-8-6-59-4-2-56/h56H,1-13H2,(H,55,57). The van der Waals surface area contributed by atoms with Crippen LogP contribution in [0.4, 0.5) is 119 Å². The van der Waals surface area contributed by atoms with Crippen molar-refractivity contribution in [2.24, 2.45) is 5.41 Å². The van der Waals surface area contributed by atoms with Crippen LogP contribution >= 0.6 is 0 Å². The maximum atomic E-state index is 13.6. The van der Waals surface area contributed by atoms with E-state index < -0.39 is 130 Å². The van der Waals surface area contributed by atoms with E-state index in [0.717, 1.165) is 0 Å². The number of halogens is 27. The molecule has 0 aliphatic heterocycles. The molecule has 0 unspecified atom stereocenters. The van der Waals surface area contributed by atoms with Gasteiger partial charge in [0, 0.05) is 6.54 Å². The second kappa shape index (κ2) is 21.5. The normalized spacial score (nSPS) is 15.2. The number of ether oxygens (including phenoxy) is 7. The number of carbonyl (C=O) groups excluding carboxylic acids is 1. The lowest BCUT2D eigenvalue weighted by molar-refractivity contribution is -0.474. The van der Waals surface area contributed by atoms with Crippen LogP contribution in [0, 0.1) is 5.41 Å². The minimum absolute atomic E-state index is 0.0299. The highest BCUT2D eigenvalue weighted by Gasteiger charge is 2.88. The SMILES string of the molecule is O=C(COCC(COC(C(F)(F)F)(C(F)(F)F)C(F)(F)F)(COC(C(F)(F)F)(C(F)(F)F)C(F)(F)F)COC(C(F)(F)F)(C(F)(F)F)C(F)(F)F)NCCOCCOCCOCCO. The average Bonchev–Trinajstić information content (AvgIpc) is 3.02. The number of alkyl halides is 27. The molecule has 0 rings (SSSR count).